The van der Waals surface area contributed by atoms with Gasteiger partial charge in [-0.1, -0.05) is 6.92 Å². The van der Waals surface area contributed by atoms with E-state index in [0.717, 1.165) is 28.5 Å². The number of nitrogens with one attached hydrogen (secondary N) is 1. The van der Waals surface area contributed by atoms with E-state index < -0.39 is 0 Å². The summed E-state index contributed by atoms with van der Waals surface area (Å²) >= 11 is 1.35. The molecule has 0 aliphatic rings. The van der Waals surface area contributed by atoms with E-state index in [1.54, 1.807) is 6.33 Å². The molecule has 0 saturated heterocycles. The third-order valence-corrected chi connectivity index (χ3v) is 4.90. The molecular formula is C17H19N5OS. The first-order chi connectivity index (χ1) is 11.5. The molecule has 0 aliphatic carbocycles. The molecule has 3 rings (SSSR count). The van der Waals surface area contributed by atoms with E-state index in [2.05, 4.69) is 15.3 Å². The van der Waals surface area contributed by atoms with Gasteiger partial charge in [0.05, 0.1) is 17.0 Å². The van der Waals surface area contributed by atoms with Crippen molar-refractivity contribution < 1.29 is 4.79 Å². The van der Waals surface area contributed by atoms with Gasteiger partial charge in [0, 0.05) is 17.1 Å². The van der Waals surface area contributed by atoms with Crippen molar-refractivity contribution in [2.45, 2.75) is 27.2 Å². The molecule has 0 radical (unpaired) electrons. The fraction of sp³-hybridized carbons (Fsp3) is 0.235. The van der Waals surface area contributed by atoms with Gasteiger partial charge in [0.2, 0.25) is 0 Å². The highest BCUT2D eigenvalue weighted by Gasteiger charge is 2.16. The van der Waals surface area contributed by atoms with Gasteiger partial charge in [-0.05, 0) is 44.5 Å². The van der Waals surface area contributed by atoms with Gasteiger partial charge in [-0.2, -0.15) is 0 Å². The van der Waals surface area contributed by atoms with Crippen molar-refractivity contribution in [2.75, 3.05) is 11.1 Å². The molecule has 0 atom stereocenters. The summed E-state index contributed by atoms with van der Waals surface area (Å²) in [5, 5.41) is 4.14. The molecule has 0 unspecified atom stereocenters. The van der Waals surface area contributed by atoms with E-state index in [1.807, 2.05) is 49.6 Å². The van der Waals surface area contributed by atoms with Crippen LogP contribution in [0.25, 0.3) is 5.69 Å². The highest BCUT2D eigenvalue weighted by molar-refractivity contribution is 7.15. The highest BCUT2D eigenvalue weighted by Crippen LogP contribution is 2.23. The zero-order valence-electron chi connectivity index (χ0n) is 13.8. The fourth-order valence-corrected chi connectivity index (χ4v) is 3.12. The van der Waals surface area contributed by atoms with Crippen LogP contribution in [-0.2, 0) is 6.42 Å². The Morgan fingerprint density at radius 1 is 1.29 bits per heavy atom. The zero-order chi connectivity index (χ0) is 17.3. The van der Waals surface area contributed by atoms with Gasteiger partial charge in [-0.25, -0.2) is 9.97 Å². The van der Waals surface area contributed by atoms with Crippen LogP contribution in [0.2, 0.25) is 0 Å². The van der Waals surface area contributed by atoms with Crippen molar-refractivity contribution in [3.8, 4) is 5.69 Å². The lowest BCUT2D eigenvalue weighted by atomic mass is 10.2. The van der Waals surface area contributed by atoms with Gasteiger partial charge in [0.1, 0.15) is 5.00 Å². The molecule has 124 valence electrons. The Morgan fingerprint density at radius 3 is 2.54 bits per heavy atom. The normalized spacial score (nSPS) is 10.8. The third kappa shape index (κ3) is 3.03. The number of aromatic nitrogens is 3. The highest BCUT2D eigenvalue weighted by atomic mass is 32.1. The molecule has 0 bridgehead atoms. The van der Waals surface area contributed by atoms with Gasteiger partial charge in [-0.3, -0.25) is 4.79 Å². The lowest BCUT2D eigenvalue weighted by Crippen LogP contribution is -2.14. The molecule has 2 heterocycles. The maximum Gasteiger partial charge on any atom is 0.277 e. The van der Waals surface area contributed by atoms with Crippen LogP contribution in [0.1, 0.15) is 33.8 Å². The van der Waals surface area contributed by atoms with E-state index in [4.69, 9.17) is 5.73 Å². The number of benzene rings is 1. The molecule has 24 heavy (non-hydrogen) atoms. The summed E-state index contributed by atoms with van der Waals surface area (Å²) in [4.78, 5) is 20.9. The molecule has 3 N–H and O–H groups in total. The number of hydrogen-bond acceptors (Lipinski definition) is 5. The summed E-state index contributed by atoms with van der Waals surface area (Å²) < 4.78 is 2.01. The predicted octanol–water partition coefficient (Wildman–Crippen LogP) is 3.34. The number of hydrogen-bond donors (Lipinski definition) is 2. The predicted molar refractivity (Wildman–Crippen MR) is 96.9 cm³/mol. The Hall–Kier alpha value is -2.67. The van der Waals surface area contributed by atoms with Gasteiger partial charge in [0.25, 0.3) is 5.91 Å². The van der Waals surface area contributed by atoms with E-state index >= 15 is 0 Å². The quantitative estimate of drug-likeness (QED) is 0.762. The number of carbonyl (C=O) groups excluding carboxylic acids is 1. The second kappa shape index (κ2) is 6.45. The van der Waals surface area contributed by atoms with Crippen LogP contribution < -0.4 is 11.1 Å². The van der Waals surface area contributed by atoms with E-state index in [1.165, 1.54) is 11.3 Å². The SMILES string of the molecule is CCc1nc(C(=O)Nc2ccc(-n3cnc(C)c3C)cc2)c(N)s1. The topological polar surface area (TPSA) is 85.8 Å². The number of anilines is 2. The summed E-state index contributed by atoms with van der Waals surface area (Å²) in [5.74, 6) is -0.286. The molecule has 3 aromatic rings. The second-order valence-electron chi connectivity index (χ2n) is 5.46. The Kier molecular flexibility index (Phi) is 4.35. The average molecular weight is 341 g/mol. The first-order valence-corrected chi connectivity index (χ1v) is 8.48. The second-order valence-corrected chi connectivity index (χ2v) is 6.58. The van der Waals surface area contributed by atoms with Crippen LogP contribution in [0.5, 0.6) is 0 Å². The summed E-state index contributed by atoms with van der Waals surface area (Å²) in [6.45, 7) is 5.98. The molecular weight excluding hydrogens is 322 g/mol. The molecule has 2 aromatic heterocycles. The number of nitrogens with zero attached hydrogens (tertiary/aromatic N) is 3. The maximum atomic E-state index is 12.3. The molecule has 7 heteroatoms. The minimum atomic E-state index is -0.286. The third-order valence-electron chi connectivity index (χ3n) is 3.87. The average Bonchev–Trinajstić information content (AvgIpc) is 3.12. The van der Waals surface area contributed by atoms with Crippen LogP contribution in [0.4, 0.5) is 10.7 Å². The monoisotopic (exact) mass is 341 g/mol. The smallest absolute Gasteiger partial charge is 0.277 e. The van der Waals surface area contributed by atoms with Crippen LogP contribution in [0, 0.1) is 13.8 Å². The number of imidazole rings is 1. The molecule has 0 spiro atoms. The lowest BCUT2D eigenvalue weighted by molar-refractivity contribution is 0.102. The van der Waals surface area contributed by atoms with Crippen molar-refractivity contribution in [1.82, 2.24) is 14.5 Å². The Morgan fingerprint density at radius 2 is 2.00 bits per heavy atom. The van der Waals surface area contributed by atoms with Crippen LogP contribution in [0.3, 0.4) is 0 Å². The van der Waals surface area contributed by atoms with Crippen molar-refractivity contribution >= 4 is 27.9 Å². The van der Waals surface area contributed by atoms with Crippen LogP contribution in [0.15, 0.2) is 30.6 Å². The van der Waals surface area contributed by atoms with Gasteiger partial charge in [0.15, 0.2) is 5.69 Å². The summed E-state index contributed by atoms with van der Waals surface area (Å²) in [6.07, 6.45) is 2.56. The minimum Gasteiger partial charge on any atom is -0.389 e. The summed E-state index contributed by atoms with van der Waals surface area (Å²) in [6, 6.07) is 7.58. The first kappa shape index (κ1) is 16.2. The molecule has 0 aliphatic heterocycles. The Labute approximate surface area is 144 Å². The van der Waals surface area contributed by atoms with Crippen molar-refractivity contribution in [3.63, 3.8) is 0 Å². The van der Waals surface area contributed by atoms with Crippen molar-refractivity contribution in [3.05, 3.63) is 52.7 Å². The lowest BCUT2D eigenvalue weighted by Gasteiger charge is -2.08. The van der Waals surface area contributed by atoms with E-state index in [9.17, 15) is 4.79 Å². The molecule has 1 amide bonds. The van der Waals surface area contributed by atoms with E-state index in [0.29, 0.717) is 16.4 Å². The van der Waals surface area contributed by atoms with Crippen LogP contribution >= 0.6 is 11.3 Å². The van der Waals surface area contributed by atoms with E-state index in [-0.39, 0.29) is 5.91 Å². The molecule has 0 fully saturated rings. The van der Waals surface area contributed by atoms with Gasteiger partial charge in [-0.15, -0.1) is 11.3 Å². The Bertz CT molecular complexity index is 879. The number of nitrogens with two attached hydrogens (primary N) is 1. The van der Waals surface area contributed by atoms with Gasteiger partial charge < -0.3 is 15.6 Å². The standard InChI is InChI=1S/C17H19N5OS/c1-4-14-21-15(16(18)24-14)17(23)20-12-5-7-13(8-6-12)22-9-19-10(2)11(22)3/h5-9H,4,18H2,1-3H3,(H,20,23). The number of aryl methyl sites for hydroxylation is 2. The molecule has 6 nitrogen and oxygen atoms in total. The van der Waals surface area contributed by atoms with Crippen molar-refractivity contribution in [1.29, 1.82) is 0 Å². The number of carbonyl (C=O) groups is 1. The Balaban J connectivity index is 1.77. The molecule has 0 saturated carbocycles. The number of amides is 1. The summed E-state index contributed by atoms with van der Waals surface area (Å²) in [5.41, 5.74) is 9.95. The van der Waals surface area contributed by atoms with Crippen LogP contribution in [-0.4, -0.2) is 20.4 Å². The number of rotatable bonds is 4. The first-order valence-electron chi connectivity index (χ1n) is 7.67. The molecule has 1 aromatic carbocycles. The number of nitrogen functional groups attached to an aromatic ring is 1. The fourth-order valence-electron chi connectivity index (χ4n) is 2.35. The summed E-state index contributed by atoms with van der Waals surface area (Å²) in [7, 11) is 0. The maximum absolute atomic E-state index is 12.3. The van der Waals surface area contributed by atoms with Crippen molar-refractivity contribution in [2.24, 2.45) is 0 Å². The van der Waals surface area contributed by atoms with Gasteiger partial charge >= 0.3 is 0 Å². The zero-order valence-corrected chi connectivity index (χ0v) is 14.6. The minimum absolute atomic E-state index is 0.286. The largest absolute Gasteiger partial charge is 0.389 e. The number of thiazole rings is 1.